The summed E-state index contributed by atoms with van der Waals surface area (Å²) in [4.78, 5) is 24.9. The van der Waals surface area contributed by atoms with Crippen LogP contribution in [0.1, 0.15) is 11.5 Å². The fourth-order valence-electron chi connectivity index (χ4n) is 2.68. The molecule has 0 unspecified atom stereocenters. The summed E-state index contributed by atoms with van der Waals surface area (Å²) in [6.45, 7) is 0. The average Bonchev–Trinajstić information content (AvgIpc) is 3.15. The SMILES string of the molecule is Cn1cncc1Cc1nc2scc(-c3ccccc3Cl)c2c(=O)[nH]1. The van der Waals surface area contributed by atoms with Crippen LogP contribution in [0.25, 0.3) is 21.3 Å². The third-order valence-corrected chi connectivity index (χ3v) is 5.12. The number of thiophene rings is 1. The second kappa shape index (κ2) is 5.89. The molecule has 0 aliphatic heterocycles. The molecule has 24 heavy (non-hydrogen) atoms. The number of imidazole rings is 1. The van der Waals surface area contributed by atoms with E-state index in [1.54, 1.807) is 12.5 Å². The van der Waals surface area contributed by atoms with Crippen molar-refractivity contribution >= 4 is 33.2 Å². The first kappa shape index (κ1) is 15.1. The maximum absolute atomic E-state index is 12.6. The maximum atomic E-state index is 12.6. The van der Waals surface area contributed by atoms with Gasteiger partial charge in [0.25, 0.3) is 5.56 Å². The van der Waals surface area contributed by atoms with E-state index in [1.165, 1.54) is 11.3 Å². The monoisotopic (exact) mass is 356 g/mol. The molecule has 0 amide bonds. The molecule has 0 atom stereocenters. The first-order valence-electron chi connectivity index (χ1n) is 7.34. The van der Waals surface area contributed by atoms with Crippen LogP contribution in [-0.4, -0.2) is 19.5 Å². The normalized spacial score (nSPS) is 11.2. The highest BCUT2D eigenvalue weighted by molar-refractivity contribution is 7.17. The van der Waals surface area contributed by atoms with E-state index in [0.717, 1.165) is 16.8 Å². The second-order valence-corrected chi connectivity index (χ2v) is 6.76. The Hall–Kier alpha value is -2.44. The van der Waals surface area contributed by atoms with Gasteiger partial charge in [0.05, 0.1) is 11.7 Å². The minimum absolute atomic E-state index is 0.145. The lowest BCUT2D eigenvalue weighted by molar-refractivity contribution is 0.821. The Labute approximate surface area is 146 Å². The van der Waals surface area contributed by atoms with Crippen molar-refractivity contribution in [3.63, 3.8) is 0 Å². The molecule has 0 aliphatic rings. The van der Waals surface area contributed by atoms with Crippen LogP contribution in [0, 0.1) is 0 Å². The zero-order valence-corrected chi connectivity index (χ0v) is 14.4. The van der Waals surface area contributed by atoms with Gasteiger partial charge >= 0.3 is 0 Å². The van der Waals surface area contributed by atoms with Gasteiger partial charge in [0.15, 0.2) is 0 Å². The van der Waals surface area contributed by atoms with Gasteiger partial charge in [-0.1, -0.05) is 29.8 Å². The molecule has 7 heteroatoms. The summed E-state index contributed by atoms with van der Waals surface area (Å²) in [5.41, 5.74) is 2.51. The Kier molecular flexibility index (Phi) is 3.70. The fourth-order valence-corrected chi connectivity index (χ4v) is 3.88. The van der Waals surface area contributed by atoms with E-state index >= 15 is 0 Å². The van der Waals surface area contributed by atoms with Gasteiger partial charge in [0.1, 0.15) is 10.7 Å². The highest BCUT2D eigenvalue weighted by atomic mass is 35.5. The lowest BCUT2D eigenvalue weighted by Crippen LogP contribution is -2.12. The van der Waals surface area contributed by atoms with E-state index in [4.69, 9.17) is 11.6 Å². The van der Waals surface area contributed by atoms with Gasteiger partial charge in [-0.2, -0.15) is 0 Å². The summed E-state index contributed by atoms with van der Waals surface area (Å²) in [5.74, 6) is 0.628. The van der Waals surface area contributed by atoms with Crippen molar-refractivity contribution in [2.45, 2.75) is 6.42 Å². The smallest absolute Gasteiger partial charge is 0.260 e. The van der Waals surface area contributed by atoms with Crippen molar-refractivity contribution in [2.24, 2.45) is 7.05 Å². The van der Waals surface area contributed by atoms with Crippen molar-refractivity contribution in [3.05, 3.63) is 69.1 Å². The van der Waals surface area contributed by atoms with Gasteiger partial charge in [0.2, 0.25) is 0 Å². The molecule has 0 saturated heterocycles. The predicted molar refractivity (Wildman–Crippen MR) is 96.7 cm³/mol. The van der Waals surface area contributed by atoms with E-state index in [-0.39, 0.29) is 5.56 Å². The number of nitrogens with zero attached hydrogens (tertiary/aromatic N) is 3. The summed E-state index contributed by atoms with van der Waals surface area (Å²) >= 11 is 7.72. The molecule has 1 aromatic carbocycles. The Morgan fingerprint density at radius 3 is 2.88 bits per heavy atom. The van der Waals surface area contributed by atoms with Crippen LogP contribution in [0.5, 0.6) is 0 Å². The number of rotatable bonds is 3. The first-order chi connectivity index (χ1) is 11.6. The lowest BCUT2D eigenvalue weighted by Gasteiger charge is -2.04. The van der Waals surface area contributed by atoms with Gasteiger partial charge in [-0.3, -0.25) is 4.79 Å². The minimum atomic E-state index is -0.145. The topological polar surface area (TPSA) is 63.6 Å². The van der Waals surface area contributed by atoms with Gasteiger partial charge in [-0.15, -0.1) is 11.3 Å². The Morgan fingerprint density at radius 1 is 1.29 bits per heavy atom. The number of benzene rings is 1. The number of aryl methyl sites for hydroxylation is 1. The number of H-pyrrole nitrogens is 1. The third-order valence-electron chi connectivity index (χ3n) is 3.92. The number of fused-ring (bicyclic) bond motifs is 1. The number of aromatic nitrogens is 4. The standard InChI is InChI=1S/C17H13ClN4OS/c1-22-9-19-7-10(22)6-14-20-16(23)15-12(8-24-17(15)21-14)11-4-2-3-5-13(11)18/h2-5,7-9H,6H2,1H3,(H,20,21,23). The lowest BCUT2D eigenvalue weighted by atomic mass is 10.1. The van der Waals surface area contributed by atoms with Crippen molar-refractivity contribution in [3.8, 4) is 11.1 Å². The molecule has 4 aromatic rings. The molecule has 0 aliphatic carbocycles. The summed E-state index contributed by atoms with van der Waals surface area (Å²) < 4.78 is 1.91. The van der Waals surface area contributed by atoms with Crippen LogP contribution in [0.3, 0.4) is 0 Å². The van der Waals surface area contributed by atoms with Crippen molar-refractivity contribution in [1.82, 2.24) is 19.5 Å². The van der Waals surface area contributed by atoms with Crippen LogP contribution in [-0.2, 0) is 13.5 Å². The van der Waals surface area contributed by atoms with Crippen LogP contribution in [0.4, 0.5) is 0 Å². The van der Waals surface area contributed by atoms with Crippen molar-refractivity contribution in [2.75, 3.05) is 0 Å². The quantitative estimate of drug-likeness (QED) is 0.609. The molecule has 0 bridgehead atoms. The molecule has 0 saturated carbocycles. The fraction of sp³-hybridized carbons (Fsp3) is 0.118. The summed E-state index contributed by atoms with van der Waals surface area (Å²) in [6, 6.07) is 7.50. The molecule has 120 valence electrons. The molecule has 5 nitrogen and oxygen atoms in total. The van der Waals surface area contributed by atoms with Crippen LogP contribution < -0.4 is 5.56 Å². The van der Waals surface area contributed by atoms with Gasteiger partial charge in [-0.05, 0) is 6.07 Å². The number of hydrogen-bond acceptors (Lipinski definition) is 4. The van der Waals surface area contributed by atoms with E-state index in [1.807, 2.05) is 41.3 Å². The first-order valence-corrected chi connectivity index (χ1v) is 8.59. The molecule has 0 fully saturated rings. The Bertz CT molecular complexity index is 1100. The molecular formula is C17H13ClN4OS. The minimum Gasteiger partial charge on any atom is -0.337 e. The van der Waals surface area contributed by atoms with Crippen molar-refractivity contribution in [1.29, 1.82) is 0 Å². The second-order valence-electron chi connectivity index (χ2n) is 5.49. The third kappa shape index (κ3) is 2.53. The van der Waals surface area contributed by atoms with Crippen LogP contribution in [0.2, 0.25) is 5.02 Å². The summed E-state index contributed by atoms with van der Waals surface area (Å²) in [5, 5.41) is 3.14. The summed E-state index contributed by atoms with van der Waals surface area (Å²) in [7, 11) is 1.92. The highest BCUT2D eigenvalue weighted by Crippen LogP contribution is 2.34. The Morgan fingerprint density at radius 2 is 2.12 bits per heavy atom. The maximum Gasteiger partial charge on any atom is 0.260 e. The number of hydrogen-bond donors (Lipinski definition) is 1. The average molecular weight is 357 g/mol. The van der Waals surface area contributed by atoms with Gasteiger partial charge in [0, 0.05) is 46.9 Å². The van der Waals surface area contributed by atoms with Gasteiger partial charge in [-0.25, -0.2) is 9.97 Å². The van der Waals surface area contributed by atoms with E-state index < -0.39 is 0 Å². The molecule has 0 radical (unpaired) electrons. The van der Waals surface area contributed by atoms with Crippen LogP contribution >= 0.6 is 22.9 Å². The highest BCUT2D eigenvalue weighted by Gasteiger charge is 2.15. The molecule has 4 rings (SSSR count). The number of halogens is 1. The predicted octanol–water partition coefficient (Wildman–Crippen LogP) is 3.63. The van der Waals surface area contributed by atoms with Crippen LogP contribution in [0.15, 0.2) is 47.0 Å². The summed E-state index contributed by atoms with van der Waals surface area (Å²) in [6.07, 6.45) is 4.03. The Balaban J connectivity index is 1.83. The molecule has 1 N–H and O–H groups in total. The zero-order chi connectivity index (χ0) is 16.7. The molecule has 3 heterocycles. The molecule has 0 spiro atoms. The molecule has 3 aromatic heterocycles. The van der Waals surface area contributed by atoms with Gasteiger partial charge < -0.3 is 9.55 Å². The molecular weight excluding hydrogens is 344 g/mol. The number of nitrogens with one attached hydrogen (secondary N) is 1. The van der Waals surface area contributed by atoms with E-state index in [9.17, 15) is 4.79 Å². The van der Waals surface area contributed by atoms with E-state index in [2.05, 4.69) is 15.0 Å². The van der Waals surface area contributed by atoms with Crippen molar-refractivity contribution < 1.29 is 0 Å². The zero-order valence-electron chi connectivity index (χ0n) is 12.8. The largest absolute Gasteiger partial charge is 0.337 e. The van der Waals surface area contributed by atoms with E-state index in [0.29, 0.717) is 27.5 Å². The number of aromatic amines is 1.